The highest BCUT2D eigenvalue weighted by Crippen LogP contribution is 2.33. The lowest BCUT2D eigenvalue weighted by Crippen LogP contribution is -2.68. The highest BCUT2D eigenvalue weighted by atomic mass is 35.7. The lowest BCUT2D eigenvalue weighted by atomic mass is 10.1. The molecule has 144 valence electrons. The molecule has 3 rings (SSSR count). The molecule has 0 atom stereocenters. The Labute approximate surface area is 159 Å². The molecule has 0 amide bonds. The van der Waals surface area contributed by atoms with Gasteiger partial charge in [0.15, 0.2) is 11.4 Å². The molecule has 2 aromatic carbocycles. The van der Waals surface area contributed by atoms with Crippen LogP contribution in [0.25, 0.3) is 16.5 Å². The maximum absolute atomic E-state index is 8.49. The van der Waals surface area contributed by atoms with Crippen molar-refractivity contribution in [2.45, 2.75) is 13.8 Å². The third-order valence-corrected chi connectivity index (χ3v) is 3.99. The summed E-state index contributed by atoms with van der Waals surface area (Å²) < 4.78 is 47.2. The summed E-state index contributed by atoms with van der Waals surface area (Å²) in [5.74, 6) is 1.64. The van der Waals surface area contributed by atoms with Crippen LogP contribution in [0.5, 0.6) is 11.5 Å². The minimum Gasteiger partial charge on any atom is -0.497 e. The van der Waals surface area contributed by atoms with Gasteiger partial charge in [-0.1, -0.05) is 18.2 Å². The molecule has 0 aliphatic heterocycles. The maximum atomic E-state index is 8.49. The van der Waals surface area contributed by atoms with Crippen molar-refractivity contribution in [3.63, 3.8) is 0 Å². The van der Waals surface area contributed by atoms with Crippen LogP contribution in [0.1, 0.15) is 11.4 Å². The second-order valence-corrected chi connectivity index (χ2v) is 6.47. The van der Waals surface area contributed by atoms with Gasteiger partial charge in [0.05, 0.1) is 19.6 Å². The van der Waals surface area contributed by atoms with Crippen molar-refractivity contribution in [3.05, 3.63) is 59.9 Å². The predicted molar refractivity (Wildman–Crippen MR) is 88.1 cm³/mol. The van der Waals surface area contributed by atoms with E-state index in [0.717, 1.165) is 33.7 Å². The van der Waals surface area contributed by atoms with Gasteiger partial charge in [-0.2, -0.15) is 4.57 Å². The predicted octanol–water partition coefficient (Wildman–Crippen LogP) is -1.01. The average molecular weight is 394 g/mol. The SMILES string of the molecule is COc1cc(OC)c2c(C)[n+](-c3ccccc3)c(C)cc2c1.[O-][Cl+3]([O-])([O-])[O-]. The van der Waals surface area contributed by atoms with E-state index in [2.05, 4.69) is 48.7 Å². The van der Waals surface area contributed by atoms with Gasteiger partial charge < -0.3 is 9.47 Å². The molecule has 7 nitrogen and oxygen atoms in total. The number of aromatic nitrogens is 1. The Kier molecular flexibility index (Phi) is 6.59. The molecule has 3 aromatic rings. The van der Waals surface area contributed by atoms with Crippen LogP contribution < -0.4 is 32.7 Å². The van der Waals surface area contributed by atoms with E-state index >= 15 is 0 Å². The summed E-state index contributed by atoms with van der Waals surface area (Å²) in [5.41, 5.74) is 3.48. The zero-order valence-electron chi connectivity index (χ0n) is 15.4. The van der Waals surface area contributed by atoms with E-state index < -0.39 is 10.2 Å². The Morgan fingerprint density at radius 3 is 1.96 bits per heavy atom. The zero-order chi connectivity index (χ0) is 20.2. The first kappa shape index (κ1) is 20.9. The summed E-state index contributed by atoms with van der Waals surface area (Å²) in [7, 11) is -1.58. The van der Waals surface area contributed by atoms with Gasteiger partial charge in [-0.15, -0.1) is 10.2 Å². The number of para-hydroxylation sites is 1. The minimum atomic E-state index is -4.94. The number of benzene rings is 2. The third kappa shape index (κ3) is 5.29. The van der Waals surface area contributed by atoms with E-state index in [9.17, 15) is 0 Å². The quantitative estimate of drug-likeness (QED) is 0.527. The molecule has 27 heavy (non-hydrogen) atoms. The molecule has 0 bridgehead atoms. The normalized spacial score (nSPS) is 11.0. The fourth-order valence-electron chi connectivity index (χ4n) is 3.03. The Morgan fingerprint density at radius 1 is 0.852 bits per heavy atom. The molecule has 0 unspecified atom stereocenters. The molecular weight excluding hydrogens is 374 g/mol. The van der Waals surface area contributed by atoms with Crippen LogP contribution in [0.4, 0.5) is 0 Å². The van der Waals surface area contributed by atoms with E-state index in [4.69, 9.17) is 28.1 Å². The number of hydrogen-bond acceptors (Lipinski definition) is 6. The lowest BCUT2D eigenvalue weighted by molar-refractivity contribution is -2.00. The second kappa shape index (κ2) is 8.51. The topological polar surface area (TPSA) is 115 Å². The van der Waals surface area contributed by atoms with Gasteiger partial charge in [0.1, 0.15) is 11.5 Å². The van der Waals surface area contributed by atoms with Crippen molar-refractivity contribution in [3.8, 4) is 17.2 Å². The van der Waals surface area contributed by atoms with Gasteiger partial charge in [-0.25, -0.2) is 18.6 Å². The molecule has 8 heteroatoms. The number of pyridine rings is 1. The van der Waals surface area contributed by atoms with Crippen LogP contribution in [0, 0.1) is 24.1 Å². The summed E-state index contributed by atoms with van der Waals surface area (Å²) in [5, 5.41) is 2.23. The number of rotatable bonds is 3. The van der Waals surface area contributed by atoms with Crippen molar-refractivity contribution in [2.24, 2.45) is 0 Å². The van der Waals surface area contributed by atoms with E-state index in [0.29, 0.717) is 0 Å². The monoisotopic (exact) mass is 393 g/mol. The smallest absolute Gasteiger partial charge is 0.211 e. The average Bonchev–Trinajstić information content (AvgIpc) is 2.60. The number of halogens is 1. The molecule has 0 aliphatic carbocycles. The molecule has 0 aliphatic rings. The first-order chi connectivity index (χ1) is 12.7. The fraction of sp³-hybridized carbons (Fsp3) is 0.211. The van der Waals surface area contributed by atoms with Crippen LogP contribution in [0.3, 0.4) is 0 Å². The molecule has 0 fully saturated rings. The van der Waals surface area contributed by atoms with Gasteiger partial charge in [0.25, 0.3) is 0 Å². The third-order valence-electron chi connectivity index (χ3n) is 3.99. The molecule has 0 saturated carbocycles. The standard InChI is InChI=1S/C19H20NO2.ClHO4/c1-13-10-15-11-17(21-3)12-18(22-4)19(15)14(2)20(13)16-8-6-5-7-9-16;2-1(3,4)5/h5-12H,1-4H3;(H,2,3,4,5)/q+1;/p-1. The minimum absolute atomic E-state index is 0.806. The van der Waals surface area contributed by atoms with Crippen LogP contribution in [-0.4, -0.2) is 14.2 Å². The zero-order valence-corrected chi connectivity index (χ0v) is 16.1. The summed E-state index contributed by atoms with van der Waals surface area (Å²) in [6, 6.07) is 16.5. The van der Waals surface area contributed by atoms with Crippen molar-refractivity contribution >= 4 is 10.8 Å². The van der Waals surface area contributed by atoms with Crippen LogP contribution in [0.2, 0.25) is 0 Å². The number of aryl methyl sites for hydroxylation is 2. The molecule has 0 saturated heterocycles. The number of methoxy groups -OCH3 is 2. The van der Waals surface area contributed by atoms with E-state index in [1.54, 1.807) is 14.2 Å². The summed E-state index contributed by atoms with van der Waals surface area (Å²) in [6.45, 7) is 4.24. The van der Waals surface area contributed by atoms with Crippen LogP contribution >= 0.6 is 0 Å². The maximum Gasteiger partial charge on any atom is 0.211 e. The summed E-state index contributed by atoms with van der Waals surface area (Å²) >= 11 is 0. The van der Waals surface area contributed by atoms with Gasteiger partial charge in [-0.05, 0) is 6.07 Å². The van der Waals surface area contributed by atoms with Gasteiger partial charge >= 0.3 is 0 Å². The molecule has 0 radical (unpaired) electrons. The fourth-order valence-corrected chi connectivity index (χ4v) is 3.03. The van der Waals surface area contributed by atoms with Crippen LogP contribution in [-0.2, 0) is 0 Å². The summed E-state index contributed by atoms with van der Waals surface area (Å²) in [4.78, 5) is 0. The lowest BCUT2D eigenvalue weighted by Gasteiger charge is -2.17. The van der Waals surface area contributed by atoms with Crippen LogP contribution in [0.15, 0.2) is 48.5 Å². The molecule has 1 heterocycles. The largest absolute Gasteiger partial charge is 0.497 e. The van der Waals surface area contributed by atoms with Crippen molar-refractivity contribution in [1.29, 1.82) is 0 Å². The van der Waals surface area contributed by atoms with Crippen molar-refractivity contribution in [1.82, 2.24) is 0 Å². The van der Waals surface area contributed by atoms with Gasteiger partial charge in [-0.3, -0.25) is 0 Å². The van der Waals surface area contributed by atoms with E-state index in [1.807, 2.05) is 18.2 Å². The molecular formula is C19H20ClNO6. The van der Waals surface area contributed by atoms with Crippen molar-refractivity contribution in [2.75, 3.05) is 14.2 Å². The highest BCUT2D eigenvalue weighted by molar-refractivity contribution is 5.91. The first-order valence-electron chi connectivity index (χ1n) is 7.91. The number of fused-ring (bicyclic) bond motifs is 1. The van der Waals surface area contributed by atoms with Gasteiger partial charge in [0.2, 0.25) is 5.69 Å². The molecule has 0 spiro atoms. The number of nitrogens with zero attached hydrogens (tertiary/aromatic N) is 1. The van der Waals surface area contributed by atoms with E-state index in [1.165, 1.54) is 5.69 Å². The number of ether oxygens (including phenoxy) is 2. The first-order valence-corrected chi connectivity index (χ1v) is 9.14. The Hall–Kier alpha value is -2.42. The van der Waals surface area contributed by atoms with Gasteiger partial charge in [0, 0.05) is 43.5 Å². The van der Waals surface area contributed by atoms with Crippen molar-refractivity contribution < 1.29 is 42.9 Å². The second-order valence-electron chi connectivity index (χ2n) is 5.71. The molecule has 0 N–H and O–H groups in total. The summed E-state index contributed by atoms with van der Waals surface area (Å²) in [6.07, 6.45) is 0. The molecule has 1 aromatic heterocycles. The Bertz CT molecular complexity index is 919. The number of hydrogen-bond donors (Lipinski definition) is 0. The highest BCUT2D eigenvalue weighted by Gasteiger charge is 2.21. The van der Waals surface area contributed by atoms with E-state index in [-0.39, 0.29) is 0 Å². The Morgan fingerprint density at radius 2 is 1.44 bits per heavy atom. The Balaban J connectivity index is 0.000000465.